The van der Waals surface area contributed by atoms with Crippen molar-refractivity contribution in [3.63, 3.8) is 0 Å². The maximum Gasteiger partial charge on any atom is 0.331 e. The Balaban J connectivity index is -0.000000138. The minimum atomic E-state index is -0.650. The number of aliphatic hydroxyl groups excluding tert-OH is 6. The van der Waals surface area contributed by atoms with Crippen molar-refractivity contribution in [2.75, 3.05) is 59.5 Å². The Morgan fingerprint density at radius 1 is 0.405 bits per heavy atom. The van der Waals surface area contributed by atoms with Crippen molar-refractivity contribution < 1.29 is 59.2 Å². The lowest BCUT2D eigenvalue weighted by Gasteiger charge is -2.03. The Morgan fingerprint density at radius 2 is 0.784 bits per heavy atom. The van der Waals surface area contributed by atoms with E-state index in [1.54, 1.807) is 0 Å². The van der Waals surface area contributed by atoms with E-state index in [2.05, 4.69) is 9.47 Å². The molecule has 12 nitrogen and oxygen atoms in total. The summed E-state index contributed by atoms with van der Waals surface area (Å²) in [5, 5.41) is 50.0. The molecule has 0 aromatic heterocycles. The third-order valence-corrected chi connectivity index (χ3v) is 3.94. The van der Waals surface area contributed by atoms with Crippen LogP contribution < -0.4 is 0 Å². The van der Waals surface area contributed by atoms with E-state index in [0.717, 1.165) is 44.9 Å². The van der Waals surface area contributed by atoms with Crippen molar-refractivity contribution in [1.82, 2.24) is 0 Å². The molecule has 0 amide bonds. The van der Waals surface area contributed by atoms with Gasteiger partial charge in [0.15, 0.2) is 0 Å². The highest BCUT2D eigenvalue weighted by Gasteiger charge is 2.02. The average molecular weight is 547 g/mol. The normalized spacial score (nSPS) is 9.24. The summed E-state index contributed by atoms with van der Waals surface area (Å²) in [5.41, 5.74) is 0. The van der Waals surface area contributed by atoms with Gasteiger partial charge in [0.1, 0.15) is 13.2 Å². The number of unbranched alkanes of at least 4 members (excludes halogenated alkanes) is 5. The third-order valence-electron chi connectivity index (χ3n) is 3.94. The smallest absolute Gasteiger partial charge is 0.331 e. The lowest BCUT2D eigenvalue weighted by Crippen LogP contribution is -2.10. The van der Waals surface area contributed by atoms with E-state index in [1.165, 1.54) is 0 Å². The lowest BCUT2D eigenvalue weighted by molar-refractivity contribution is -0.147. The van der Waals surface area contributed by atoms with E-state index in [0.29, 0.717) is 32.3 Å². The molecule has 0 atom stereocenters. The van der Waals surface area contributed by atoms with E-state index in [1.807, 2.05) is 0 Å². The number of hydrogen-bond acceptors (Lipinski definition) is 12. The van der Waals surface area contributed by atoms with Gasteiger partial charge in [-0.05, 0) is 38.5 Å². The van der Waals surface area contributed by atoms with E-state index in [-0.39, 0.29) is 73.0 Å². The summed E-state index contributed by atoms with van der Waals surface area (Å²) in [7, 11) is 0. The molecule has 0 aromatic carbocycles. The fraction of sp³-hybridized carbons (Fsp3) is 0.880. The van der Waals surface area contributed by atoms with E-state index >= 15 is 0 Å². The van der Waals surface area contributed by atoms with Gasteiger partial charge in [-0.25, -0.2) is 4.79 Å². The molecule has 226 valence electrons. The van der Waals surface area contributed by atoms with E-state index in [4.69, 9.17) is 35.4 Å². The highest BCUT2D eigenvalue weighted by molar-refractivity contribution is 5.70. The molecule has 0 saturated heterocycles. The molecule has 0 rings (SSSR count). The maximum absolute atomic E-state index is 11.0. The van der Waals surface area contributed by atoms with Crippen LogP contribution in [0.5, 0.6) is 0 Å². The standard InChI is InChI=1S/C10H20O4.C8H16O4.C5H10O4.2CH4/c11-7-3-1-2-6-10(13)14-9-5-4-8-12;9-5-3-1-2-4-8(11)12-7-6-10;6-2-1-3-9-5(8)4-7;;/h11-12H,1-9H2;9-10H,1-7H2;6-7H,1-4H2;2*1H4. The van der Waals surface area contributed by atoms with Gasteiger partial charge in [-0.15, -0.1) is 0 Å². The molecule has 0 radical (unpaired) electrons. The van der Waals surface area contributed by atoms with Gasteiger partial charge in [-0.3, -0.25) is 9.59 Å². The first-order valence-electron chi connectivity index (χ1n) is 12.0. The van der Waals surface area contributed by atoms with Gasteiger partial charge in [0.2, 0.25) is 0 Å². The zero-order valence-corrected chi connectivity index (χ0v) is 20.8. The molecule has 0 aliphatic heterocycles. The topological polar surface area (TPSA) is 200 Å². The molecule has 0 aromatic rings. The zero-order chi connectivity index (χ0) is 27.0. The van der Waals surface area contributed by atoms with Crippen molar-refractivity contribution in [3.05, 3.63) is 0 Å². The summed E-state index contributed by atoms with van der Waals surface area (Å²) in [4.78, 5) is 31.9. The first-order valence-corrected chi connectivity index (χ1v) is 12.0. The Bertz CT molecular complexity index is 447. The molecule has 37 heavy (non-hydrogen) atoms. The van der Waals surface area contributed by atoms with Gasteiger partial charge in [-0.2, -0.15) is 0 Å². The van der Waals surface area contributed by atoms with Crippen LogP contribution in [0.2, 0.25) is 0 Å². The molecule has 0 heterocycles. The van der Waals surface area contributed by atoms with Crippen molar-refractivity contribution in [2.24, 2.45) is 0 Å². The number of carbonyl (C=O) groups is 3. The second kappa shape index (κ2) is 41.3. The van der Waals surface area contributed by atoms with Crippen LogP contribution in [-0.4, -0.2) is 108 Å². The van der Waals surface area contributed by atoms with E-state index in [9.17, 15) is 14.4 Å². The molecule has 0 aliphatic carbocycles. The van der Waals surface area contributed by atoms with Crippen molar-refractivity contribution in [2.45, 2.75) is 85.5 Å². The summed E-state index contributed by atoms with van der Waals surface area (Å²) in [5.74, 6) is -1.11. The SMILES string of the molecule is C.C.O=C(CCCCCO)OCCCCO.O=C(CCCCCO)OCCO.O=C(CO)OCCCO. The number of rotatable bonds is 20. The van der Waals surface area contributed by atoms with Crippen LogP contribution in [0.1, 0.15) is 85.5 Å². The summed E-state index contributed by atoms with van der Waals surface area (Å²) in [6.45, 7) is 0.450. The Hall–Kier alpha value is -1.83. The minimum Gasteiger partial charge on any atom is -0.466 e. The zero-order valence-electron chi connectivity index (χ0n) is 20.8. The van der Waals surface area contributed by atoms with Crippen molar-refractivity contribution in [3.8, 4) is 0 Å². The molecule has 0 unspecified atom stereocenters. The van der Waals surface area contributed by atoms with Gasteiger partial charge in [0.05, 0.1) is 19.8 Å². The number of ether oxygens (including phenoxy) is 3. The van der Waals surface area contributed by atoms with Crippen LogP contribution in [0.15, 0.2) is 0 Å². The van der Waals surface area contributed by atoms with Crippen LogP contribution in [0.25, 0.3) is 0 Å². The molecule has 0 spiro atoms. The number of hydrogen-bond donors (Lipinski definition) is 6. The Kier molecular flexibility index (Phi) is 50.4. The molecule has 0 fully saturated rings. The van der Waals surface area contributed by atoms with Crippen molar-refractivity contribution in [1.29, 1.82) is 0 Å². The molecule has 0 bridgehead atoms. The fourth-order valence-corrected chi connectivity index (χ4v) is 2.12. The van der Waals surface area contributed by atoms with Gasteiger partial charge < -0.3 is 44.8 Å². The fourth-order valence-electron chi connectivity index (χ4n) is 2.12. The van der Waals surface area contributed by atoms with Gasteiger partial charge in [-0.1, -0.05) is 27.7 Å². The minimum absolute atomic E-state index is 0. The Labute approximate surface area is 222 Å². The van der Waals surface area contributed by atoms with Crippen LogP contribution >= 0.6 is 0 Å². The number of aliphatic hydroxyl groups is 6. The van der Waals surface area contributed by atoms with Crippen LogP contribution in [0, 0.1) is 0 Å². The summed E-state index contributed by atoms with van der Waals surface area (Å²) >= 11 is 0. The second-order valence-electron chi connectivity index (χ2n) is 7.12. The quantitative estimate of drug-likeness (QED) is 0.0723. The molecule has 0 saturated carbocycles. The third kappa shape index (κ3) is 47.9. The molecular formula is C25H54O12. The first-order chi connectivity index (χ1) is 16.9. The largest absolute Gasteiger partial charge is 0.466 e. The molecule has 12 heteroatoms. The summed E-state index contributed by atoms with van der Waals surface area (Å²) < 4.78 is 13.9. The monoisotopic (exact) mass is 546 g/mol. The predicted octanol–water partition coefficient (Wildman–Crippen LogP) is 1.11. The highest BCUT2D eigenvalue weighted by Crippen LogP contribution is 2.01. The van der Waals surface area contributed by atoms with Gasteiger partial charge in [0.25, 0.3) is 0 Å². The van der Waals surface area contributed by atoms with E-state index < -0.39 is 12.6 Å². The number of esters is 3. The predicted molar refractivity (Wildman–Crippen MR) is 140 cm³/mol. The molecular weight excluding hydrogens is 492 g/mol. The highest BCUT2D eigenvalue weighted by atomic mass is 16.5. The Morgan fingerprint density at radius 3 is 1.19 bits per heavy atom. The van der Waals surface area contributed by atoms with Crippen LogP contribution in [0.3, 0.4) is 0 Å². The van der Waals surface area contributed by atoms with Gasteiger partial charge in [0, 0.05) is 45.7 Å². The molecule has 6 N–H and O–H groups in total. The summed E-state index contributed by atoms with van der Waals surface area (Å²) in [6.07, 6.45) is 7.32. The first kappa shape index (κ1) is 45.1. The maximum atomic E-state index is 11.0. The van der Waals surface area contributed by atoms with Gasteiger partial charge >= 0.3 is 17.9 Å². The van der Waals surface area contributed by atoms with Crippen molar-refractivity contribution >= 4 is 17.9 Å². The molecule has 0 aliphatic rings. The summed E-state index contributed by atoms with van der Waals surface area (Å²) in [6, 6.07) is 0. The number of carbonyl (C=O) groups excluding carboxylic acids is 3. The van der Waals surface area contributed by atoms with Crippen LogP contribution in [-0.2, 0) is 28.6 Å². The lowest BCUT2D eigenvalue weighted by atomic mass is 10.2. The van der Waals surface area contributed by atoms with Crippen LogP contribution in [0.4, 0.5) is 0 Å². The average Bonchev–Trinajstić information content (AvgIpc) is 2.86. The second-order valence-corrected chi connectivity index (χ2v) is 7.12.